The predicted molar refractivity (Wildman–Crippen MR) is 146 cm³/mol. The topological polar surface area (TPSA) is 62.2 Å². The van der Waals surface area contributed by atoms with Crippen LogP contribution < -0.4 is 0 Å². The lowest BCUT2D eigenvalue weighted by molar-refractivity contribution is -0.147. The van der Waals surface area contributed by atoms with Crippen molar-refractivity contribution in [2.24, 2.45) is 16.9 Å². The van der Waals surface area contributed by atoms with Gasteiger partial charge in [0.15, 0.2) is 0 Å². The van der Waals surface area contributed by atoms with Gasteiger partial charge in [0.2, 0.25) is 0 Å². The zero-order chi connectivity index (χ0) is 25.9. The average Bonchev–Trinajstić information content (AvgIpc) is 3.31. The lowest BCUT2D eigenvalue weighted by Gasteiger charge is -2.33. The van der Waals surface area contributed by atoms with E-state index in [4.69, 9.17) is 33.0 Å². The second-order valence-corrected chi connectivity index (χ2v) is 10.9. The van der Waals surface area contributed by atoms with Crippen LogP contribution in [0.4, 0.5) is 0 Å². The molecule has 0 unspecified atom stereocenters. The van der Waals surface area contributed by atoms with E-state index in [0.29, 0.717) is 36.0 Å². The van der Waals surface area contributed by atoms with E-state index < -0.39 is 0 Å². The number of allylic oxidation sites excluding steroid dienone is 1. The Morgan fingerprint density at radius 2 is 1.65 bits per heavy atom. The van der Waals surface area contributed by atoms with Crippen LogP contribution in [0.2, 0.25) is 10.0 Å². The Labute approximate surface area is 227 Å². The first-order valence-corrected chi connectivity index (χ1v) is 13.6. The maximum atomic E-state index is 13.7. The third kappa shape index (κ3) is 5.77. The van der Waals surface area contributed by atoms with E-state index in [1.165, 1.54) is 12.7 Å². The number of amides is 1. The molecule has 8 heteroatoms. The first-order valence-electron chi connectivity index (χ1n) is 12.9. The van der Waals surface area contributed by atoms with Gasteiger partial charge in [-0.1, -0.05) is 47.5 Å². The molecule has 1 aliphatic carbocycles. The molecule has 5 rings (SSSR count). The SMILES string of the molecule is COC(=O)C1CCN(CC(=O)N2N=C3/C(=C\c4ccc(Cl)cc4)CCC[C@@H]3[C@@H]2c2ccc(Cl)cc2)CC1. The van der Waals surface area contributed by atoms with Crippen molar-refractivity contribution in [3.8, 4) is 0 Å². The van der Waals surface area contributed by atoms with Crippen LogP contribution in [0.15, 0.2) is 59.2 Å². The highest BCUT2D eigenvalue weighted by molar-refractivity contribution is 6.30. The second kappa shape index (κ2) is 11.4. The summed E-state index contributed by atoms with van der Waals surface area (Å²) in [5.41, 5.74) is 4.29. The van der Waals surface area contributed by atoms with Gasteiger partial charge in [-0.15, -0.1) is 0 Å². The van der Waals surface area contributed by atoms with Crippen LogP contribution in [-0.4, -0.2) is 54.2 Å². The number of methoxy groups -OCH3 is 1. The van der Waals surface area contributed by atoms with Crippen molar-refractivity contribution in [3.63, 3.8) is 0 Å². The molecular weight excluding hydrogens is 509 g/mol. The van der Waals surface area contributed by atoms with E-state index in [0.717, 1.165) is 36.1 Å². The zero-order valence-electron chi connectivity index (χ0n) is 20.9. The van der Waals surface area contributed by atoms with Gasteiger partial charge in [0.05, 0.1) is 31.3 Å². The summed E-state index contributed by atoms with van der Waals surface area (Å²) in [5.74, 6) is -0.149. The number of halogens is 2. The lowest BCUT2D eigenvalue weighted by Crippen LogP contribution is -2.43. The Balaban J connectivity index is 1.40. The van der Waals surface area contributed by atoms with Crippen molar-refractivity contribution in [2.75, 3.05) is 26.7 Å². The predicted octanol–water partition coefficient (Wildman–Crippen LogP) is 6.00. The summed E-state index contributed by atoms with van der Waals surface area (Å²) in [5, 5.41) is 8.06. The first-order chi connectivity index (χ1) is 17.9. The van der Waals surface area contributed by atoms with Crippen molar-refractivity contribution in [1.82, 2.24) is 9.91 Å². The molecule has 37 heavy (non-hydrogen) atoms. The smallest absolute Gasteiger partial charge is 0.308 e. The Kier molecular flexibility index (Phi) is 7.98. The molecule has 2 atom stereocenters. The number of fused-ring (bicyclic) bond motifs is 1. The van der Waals surface area contributed by atoms with Gasteiger partial charge in [-0.25, -0.2) is 5.01 Å². The molecule has 2 aliphatic heterocycles. The Morgan fingerprint density at radius 1 is 1.00 bits per heavy atom. The number of carbonyl (C=O) groups is 2. The number of hydrogen-bond donors (Lipinski definition) is 0. The van der Waals surface area contributed by atoms with E-state index >= 15 is 0 Å². The number of hydrazone groups is 1. The molecule has 0 spiro atoms. The summed E-state index contributed by atoms with van der Waals surface area (Å²) in [6, 6.07) is 15.4. The number of esters is 1. The molecule has 2 aromatic carbocycles. The maximum Gasteiger partial charge on any atom is 0.308 e. The molecule has 0 radical (unpaired) electrons. The third-order valence-corrected chi connectivity index (χ3v) is 8.16. The highest BCUT2D eigenvalue weighted by atomic mass is 35.5. The van der Waals surface area contributed by atoms with Gasteiger partial charge >= 0.3 is 5.97 Å². The Bertz CT molecular complexity index is 1200. The lowest BCUT2D eigenvalue weighted by atomic mass is 9.77. The van der Waals surface area contributed by atoms with Crippen LogP contribution in [-0.2, 0) is 14.3 Å². The van der Waals surface area contributed by atoms with Crippen LogP contribution in [0.1, 0.15) is 49.3 Å². The van der Waals surface area contributed by atoms with Crippen molar-refractivity contribution in [3.05, 3.63) is 75.3 Å². The quantitative estimate of drug-likeness (QED) is 0.437. The van der Waals surface area contributed by atoms with Gasteiger partial charge in [-0.3, -0.25) is 14.5 Å². The first kappa shape index (κ1) is 26.0. The monoisotopic (exact) mass is 539 g/mol. The summed E-state index contributed by atoms with van der Waals surface area (Å²) < 4.78 is 4.90. The normalized spacial score (nSPS) is 23.6. The van der Waals surface area contributed by atoms with E-state index in [1.807, 2.05) is 48.5 Å². The van der Waals surface area contributed by atoms with Gasteiger partial charge in [-0.05, 0) is 92.2 Å². The van der Waals surface area contributed by atoms with Crippen LogP contribution in [0.25, 0.3) is 6.08 Å². The summed E-state index contributed by atoms with van der Waals surface area (Å²) in [4.78, 5) is 27.7. The van der Waals surface area contributed by atoms with Gasteiger partial charge in [0.25, 0.3) is 5.91 Å². The number of piperidine rings is 1. The molecule has 0 bridgehead atoms. The minimum atomic E-state index is -0.165. The van der Waals surface area contributed by atoms with Gasteiger partial charge < -0.3 is 4.74 Å². The molecule has 194 valence electrons. The van der Waals surface area contributed by atoms with E-state index in [2.05, 4.69) is 11.0 Å². The van der Waals surface area contributed by atoms with E-state index in [1.54, 1.807) is 5.01 Å². The van der Waals surface area contributed by atoms with E-state index in [9.17, 15) is 9.59 Å². The van der Waals surface area contributed by atoms with Crippen LogP contribution in [0.3, 0.4) is 0 Å². The minimum Gasteiger partial charge on any atom is -0.469 e. The van der Waals surface area contributed by atoms with Crippen LogP contribution in [0, 0.1) is 11.8 Å². The molecule has 2 aromatic rings. The fourth-order valence-corrected chi connectivity index (χ4v) is 5.97. The largest absolute Gasteiger partial charge is 0.469 e. The average molecular weight is 540 g/mol. The number of carbonyl (C=O) groups excluding carboxylic acids is 2. The number of ether oxygens (including phenoxy) is 1. The molecule has 6 nitrogen and oxygen atoms in total. The standard InChI is InChI=1S/C29H31Cl2N3O3/c1-37-29(36)21-13-15-33(16-14-21)18-26(35)34-28(20-7-11-24(31)12-8-20)25-4-2-3-22(27(25)32-34)17-19-5-9-23(30)10-6-19/h5-12,17,21,25,28H,2-4,13-16,18H2,1H3/b22-17-/t25-,28-/m0/s1. The van der Waals surface area contributed by atoms with Gasteiger partial charge in [0.1, 0.15) is 0 Å². The fraction of sp³-hybridized carbons (Fsp3) is 0.414. The molecular formula is C29H31Cl2N3O3. The highest BCUT2D eigenvalue weighted by Crippen LogP contribution is 2.44. The molecule has 0 aromatic heterocycles. The summed E-state index contributed by atoms with van der Waals surface area (Å²) in [7, 11) is 1.43. The van der Waals surface area contributed by atoms with Crippen molar-refractivity contribution in [1.29, 1.82) is 0 Å². The second-order valence-electron chi connectivity index (χ2n) is 10.0. The number of rotatable bonds is 5. The molecule has 1 saturated heterocycles. The maximum absolute atomic E-state index is 13.7. The third-order valence-electron chi connectivity index (χ3n) is 7.66. The number of likely N-dealkylation sites (tertiary alicyclic amines) is 1. The Hall–Kier alpha value is -2.67. The summed E-state index contributed by atoms with van der Waals surface area (Å²) in [6.07, 6.45) is 6.51. The number of nitrogens with zero attached hydrogens (tertiary/aromatic N) is 3. The molecule has 2 heterocycles. The fourth-order valence-electron chi connectivity index (χ4n) is 5.72. The molecule has 1 amide bonds. The van der Waals surface area contributed by atoms with Gasteiger partial charge in [-0.2, -0.15) is 5.10 Å². The van der Waals surface area contributed by atoms with Crippen molar-refractivity contribution < 1.29 is 14.3 Å². The minimum absolute atomic E-state index is 0.0239. The number of benzene rings is 2. The molecule has 1 saturated carbocycles. The highest BCUT2D eigenvalue weighted by Gasteiger charge is 2.44. The molecule has 2 fully saturated rings. The number of hydrogen-bond acceptors (Lipinski definition) is 5. The van der Waals surface area contributed by atoms with Crippen LogP contribution >= 0.6 is 23.2 Å². The van der Waals surface area contributed by atoms with Crippen molar-refractivity contribution in [2.45, 2.75) is 38.1 Å². The van der Waals surface area contributed by atoms with Crippen molar-refractivity contribution >= 4 is 46.9 Å². The Morgan fingerprint density at radius 3 is 2.30 bits per heavy atom. The van der Waals surface area contributed by atoms with Crippen LogP contribution in [0.5, 0.6) is 0 Å². The zero-order valence-corrected chi connectivity index (χ0v) is 22.4. The summed E-state index contributed by atoms with van der Waals surface area (Å²) >= 11 is 12.3. The van der Waals surface area contributed by atoms with E-state index in [-0.39, 0.29) is 36.3 Å². The molecule has 0 N–H and O–H groups in total. The summed E-state index contributed by atoms with van der Waals surface area (Å²) in [6.45, 7) is 1.65. The molecule has 3 aliphatic rings. The van der Waals surface area contributed by atoms with Gasteiger partial charge in [0, 0.05) is 16.0 Å².